The van der Waals surface area contributed by atoms with Gasteiger partial charge in [0, 0.05) is 12.1 Å². The fourth-order valence-electron chi connectivity index (χ4n) is 4.71. The molecule has 1 aliphatic carbocycles. The first-order valence-corrected chi connectivity index (χ1v) is 9.84. The third-order valence-corrected chi connectivity index (χ3v) is 6.21. The molecule has 6 heteroatoms. The second kappa shape index (κ2) is 6.17. The minimum Gasteiger partial charge on any atom is -0.377 e. The molecule has 3 aliphatic rings. The molecule has 6 nitrogen and oxygen atoms in total. The molecule has 5 rings (SSSR count). The van der Waals surface area contributed by atoms with Crippen LogP contribution in [0.15, 0.2) is 30.5 Å². The first kappa shape index (κ1) is 17.0. The molecule has 0 radical (unpaired) electrons. The smallest absolute Gasteiger partial charge is 0.224 e. The molecule has 27 heavy (non-hydrogen) atoms. The molecule has 2 aliphatic heterocycles. The molecule has 2 fully saturated rings. The van der Waals surface area contributed by atoms with E-state index in [4.69, 9.17) is 9.72 Å². The Balaban J connectivity index is 1.48. The number of carbonyl (C=O) groups excluding carboxylic acids is 1. The molecule has 2 N–H and O–H groups in total. The van der Waals surface area contributed by atoms with Gasteiger partial charge in [-0.2, -0.15) is 0 Å². The fourth-order valence-corrected chi connectivity index (χ4v) is 4.71. The molecule has 2 unspecified atom stereocenters. The standard InChI is InChI=1S/C21H26N4O2/c1-21(2,24-19(26)17-14-11-22-12-15(14)17)20-23-18(13-6-9-27-10-7-13)16-5-3-4-8-25(16)20/h3-6,8,14-15,17,22H,7,9-12H2,1-2H3,(H,24,26). The van der Waals surface area contributed by atoms with Crippen molar-refractivity contribution in [3.8, 4) is 0 Å². The van der Waals surface area contributed by atoms with Gasteiger partial charge < -0.3 is 19.8 Å². The summed E-state index contributed by atoms with van der Waals surface area (Å²) in [6.07, 6.45) is 5.02. The number of ether oxygens (including phenoxy) is 1. The van der Waals surface area contributed by atoms with Gasteiger partial charge in [-0.15, -0.1) is 0 Å². The Morgan fingerprint density at radius 2 is 2.15 bits per heavy atom. The second-order valence-corrected chi connectivity index (χ2v) is 8.42. The predicted molar refractivity (Wildman–Crippen MR) is 103 cm³/mol. The van der Waals surface area contributed by atoms with E-state index in [1.807, 2.05) is 32.2 Å². The van der Waals surface area contributed by atoms with Crippen molar-refractivity contribution < 1.29 is 9.53 Å². The Bertz CT molecular complexity index is 919. The highest BCUT2D eigenvalue weighted by molar-refractivity contribution is 5.83. The van der Waals surface area contributed by atoms with Gasteiger partial charge in [-0.25, -0.2) is 4.98 Å². The number of rotatable bonds is 4. The van der Waals surface area contributed by atoms with Crippen LogP contribution in [0.2, 0.25) is 0 Å². The summed E-state index contributed by atoms with van der Waals surface area (Å²) in [7, 11) is 0. The van der Waals surface area contributed by atoms with E-state index in [2.05, 4.69) is 27.2 Å². The molecule has 2 atom stereocenters. The highest BCUT2D eigenvalue weighted by Crippen LogP contribution is 2.49. The van der Waals surface area contributed by atoms with E-state index < -0.39 is 5.54 Å². The van der Waals surface area contributed by atoms with Crippen LogP contribution in [0.5, 0.6) is 0 Å². The van der Waals surface area contributed by atoms with Gasteiger partial charge in [0.15, 0.2) is 0 Å². The van der Waals surface area contributed by atoms with Gasteiger partial charge in [0.2, 0.25) is 5.91 Å². The minimum absolute atomic E-state index is 0.162. The summed E-state index contributed by atoms with van der Waals surface area (Å²) in [5, 5.41) is 6.63. The van der Waals surface area contributed by atoms with E-state index in [9.17, 15) is 4.79 Å². The van der Waals surface area contributed by atoms with Gasteiger partial charge >= 0.3 is 0 Å². The Labute approximate surface area is 159 Å². The molecule has 0 aromatic carbocycles. The van der Waals surface area contributed by atoms with Crippen molar-refractivity contribution in [2.45, 2.75) is 25.8 Å². The third kappa shape index (κ3) is 2.78. The molecule has 2 aromatic heterocycles. The number of fused-ring (bicyclic) bond motifs is 2. The molecular weight excluding hydrogens is 340 g/mol. The lowest BCUT2D eigenvalue weighted by molar-refractivity contribution is -0.124. The number of aromatic nitrogens is 2. The van der Waals surface area contributed by atoms with E-state index in [1.54, 1.807) is 0 Å². The van der Waals surface area contributed by atoms with Gasteiger partial charge in [-0.1, -0.05) is 12.1 Å². The second-order valence-electron chi connectivity index (χ2n) is 8.42. The highest BCUT2D eigenvalue weighted by Gasteiger charge is 2.57. The van der Waals surface area contributed by atoms with Gasteiger partial charge in [0.25, 0.3) is 0 Å². The Morgan fingerprint density at radius 3 is 2.89 bits per heavy atom. The maximum atomic E-state index is 12.8. The molecule has 0 spiro atoms. The lowest BCUT2D eigenvalue weighted by atomic mass is 10.0. The number of imidazole rings is 1. The minimum atomic E-state index is -0.546. The zero-order chi connectivity index (χ0) is 18.6. The lowest BCUT2D eigenvalue weighted by Crippen LogP contribution is -2.44. The zero-order valence-electron chi connectivity index (χ0n) is 15.9. The normalized spacial score (nSPS) is 27.3. The molecule has 1 amide bonds. The number of hydrogen-bond donors (Lipinski definition) is 2. The van der Waals surface area contributed by atoms with Crippen LogP contribution in [0.3, 0.4) is 0 Å². The number of carbonyl (C=O) groups is 1. The fraction of sp³-hybridized carbons (Fsp3) is 0.524. The van der Waals surface area contributed by atoms with Crippen LogP contribution in [0.25, 0.3) is 11.1 Å². The number of hydrogen-bond acceptors (Lipinski definition) is 4. The van der Waals surface area contributed by atoms with Crippen LogP contribution < -0.4 is 10.6 Å². The summed E-state index contributed by atoms with van der Waals surface area (Å²) in [5.41, 5.74) is 2.76. The summed E-state index contributed by atoms with van der Waals surface area (Å²) < 4.78 is 7.57. The molecule has 1 saturated heterocycles. The van der Waals surface area contributed by atoms with Crippen LogP contribution in [0, 0.1) is 17.8 Å². The van der Waals surface area contributed by atoms with Crippen molar-refractivity contribution in [2.24, 2.45) is 17.8 Å². The van der Waals surface area contributed by atoms with Crippen molar-refractivity contribution in [2.75, 3.05) is 26.3 Å². The van der Waals surface area contributed by atoms with Crippen LogP contribution in [0.1, 0.15) is 31.8 Å². The van der Waals surface area contributed by atoms with Crippen LogP contribution >= 0.6 is 0 Å². The van der Waals surface area contributed by atoms with Gasteiger partial charge in [-0.05, 0) is 62.9 Å². The molecule has 0 bridgehead atoms. The average molecular weight is 366 g/mol. The summed E-state index contributed by atoms with van der Waals surface area (Å²) in [5.74, 6) is 2.23. The molecule has 142 valence electrons. The molecule has 4 heterocycles. The van der Waals surface area contributed by atoms with Crippen molar-refractivity contribution in [3.63, 3.8) is 0 Å². The first-order valence-electron chi connectivity index (χ1n) is 9.84. The Morgan fingerprint density at radius 1 is 1.33 bits per heavy atom. The van der Waals surface area contributed by atoms with Crippen molar-refractivity contribution >= 4 is 17.0 Å². The summed E-state index contributed by atoms with van der Waals surface area (Å²) in [6, 6.07) is 6.14. The Kier molecular flexibility index (Phi) is 3.88. The van der Waals surface area contributed by atoms with E-state index in [0.717, 1.165) is 43.2 Å². The topological polar surface area (TPSA) is 67.7 Å². The van der Waals surface area contributed by atoms with E-state index in [-0.39, 0.29) is 11.8 Å². The third-order valence-electron chi connectivity index (χ3n) is 6.21. The first-order chi connectivity index (χ1) is 13.1. The van der Waals surface area contributed by atoms with E-state index in [1.165, 1.54) is 5.57 Å². The quantitative estimate of drug-likeness (QED) is 0.868. The van der Waals surface area contributed by atoms with Crippen LogP contribution in [-0.4, -0.2) is 41.6 Å². The zero-order valence-corrected chi connectivity index (χ0v) is 15.9. The van der Waals surface area contributed by atoms with E-state index in [0.29, 0.717) is 18.4 Å². The van der Waals surface area contributed by atoms with Gasteiger partial charge in [0.1, 0.15) is 5.82 Å². The predicted octanol–water partition coefficient (Wildman–Crippen LogP) is 1.95. The van der Waals surface area contributed by atoms with Crippen molar-refractivity contribution in [3.05, 3.63) is 42.0 Å². The number of amides is 1. The number of nitrogens with zero attached hydrogens (tertiary/aromatic N) is 2. The SMILES string of the molecule is CC(C)(NC(=O)C1C2CNCC21)c1nc(C2=CCOCC2)c2ccccn12. The number of pyridine rings is 1. The number of piperidine rings is 1. The Hall–Kier alpha value is -2.18. The van der Waals surface area contributed by atoms with Crippen molar-refractivity contribution in [1.29, 1.82) is 0 Å². The van der Waals surface area contributed by atoms with Crippen molar-refractivity contribution in [1.82, 2.24) is 20.0 Å². The molecule has 2 aromatic rings. The largest absolute Gasteiger partial charge is 0.377 e. The lowest BCUT2D eigenvalue weighted by Gasteiger charge is -2.25. The summed E-state index contributed by atoms with van der Waals surface area (Å²) >= 11 is 0. The van der Waals surface area contributed by atoms with E-state index >= 15 is 0 Å². The monoisotopic (exact) mass is 366 g/mol. The molecule has 1 saturated carbocycles. The summed E-state index contributed by atoms with van der Waals surface area (Å²) in [4.78, 5) is 17.9. The highest BCUT2D eigenvalue weighted by atomic mass is 16.5. The van der Waals surface area contributed by atoms with Crippen LogP contribution in [-0.2, 0) is 15.1 Å². The number of nitrogens with one attached hydrogen (secondary N) is 2. The maximum Gasteiger partial charge on any atom is 0.224 e. The maximum absolute atomic E-state index is 12.8. The van der Waals surface area contributed by atoms with Crippen LogP contribution in [0.4, 0.5) is 0 Å². The van der Waals surface area contributed by atoms with Gasteiger partial charge in [0.05, 0.1) is 30.0 Å². The van der Waals surface area contributed by atoms with Gasteiger partial charge in [-0.3, -0.25) is 4.79 Å². The average Bonchev–Trinajstić information content (AvgIpc) is 3.01. The molecular formula is C21H26N4O2. The summed E-state index contributed by atoms with van der Waals surface area (Å²) in [6.45, 7) is 7.39.